The maximum atomic E-state index is 12.3. The van der Waals surface area contributed by atoms with Crippen LogP contribution in [0.3, 0.4) is 0 Å². The summed E-state index contributed by atoms with van der Waals surface area (Å²) in [6, 6.07) is 7.33. The molecule has 1 unspecified atom stereocenters. The SMILES string of the molecule is O=C(CSc1nnnn1CC1CCCO1)Nc1ccc(N2CCCC2=O)cc1. The second kappa shape index (κ2) is 8.70. The van der Waals surface area contributed by atoms with Crippen LogP contribution in [0.1, 0.15) is 25.7 Å². The molecular weight excluding hydrogens is 380 g/mol. The Bertz CT molecular complexity index is 834. The lowest BCUT2D eigenvalue weighted by Crippen LogP contribution is -2.23. The second-order valence-corrected chi connectivity index (χ2v) is 7.75. The minimum absolute atomic E-state index is 0.137. The molecule has 0 bridgehead atoms. The number of benzene rings is 1. The normalized spacial score (nSPS) is 19.4. The van der Waals surface area contributed by atoms with Crippen LogP contribution in [0.4, 0.5) is 11.4 Å². The summed E-state index contributed by atoms with van der Waals surface area (Å²) >= 11 is 1.29. The number of carbonyl (C=O) groups excluding carboxylic acids is 2. The minimum Gasteiger partial charge on any atom is -0.376 e. The number of aromatic nitrogens is 4. The van der Waals surface area contributed by atoms with E-state index in [-0.39, 0.29) is 23.7 Å². The minimum atomic E-state index is -0.137. The van der Waals surface area contributed by atoms with Gasteiger partial charge in [0.05, 0.1) is 18.4 Å². The van der Waals surface area contributed by atoms with E-state index in [4.69, 9.17) is 4.74 Å². The summed E-state index contributed by atoms with van der Waals surface area (Å²) < 4.78 is 7.30. The van der Waals surface area contributed by atoms with E-state index in [2.05, 4.69) is 20.8 Å². The molecule has 3 heterocycles. The van der Waals surface area contributed by atoms with E-state index in [1.807, 2.05) is 24.3 Å². The van der Waals surface area contributed by atoms with Crippen molar-refractivity contribution >= 4 is 35.0 Å². The predicted molar refractivity (Wildman–Crippen MR) is 104 cm³/mol. The Labute approximate surface area is 166 Å². The molecule has 9 nitrogen and oxygen atoms in total. The Balaban J connectivity index is 1.28. The highest BCUT2D eigenvalue weighted by Crippen LogP contribution is 2.23. The average molecular weight is 402 g/mol. The summed E-state index contributed by atoms with van der Waals surface area (Å²) in [4.78, 5) is 25.8. The van der Waals surface area contributed by atoms with Crippen molar-refractivity contribution in [3.8, 4) is 0 Å². The van der Waals surface area contributed by atoms with Crippen LogP contribution in [-0.4, -0.2) is 57.0 Å². The topological polar surface area (TPSA) is 102 Å². The zero-order chi connectivity index (χ0) is 19.3. The third kappa shape index (κ3) is 4.50. The summed E-state index contributed by atoms with van der Waals surface area (Å²) in [5.41, 5.74) is 1.56. The second-order valence-electron chi connectivity index (χ2n) is 6.81. The first kappa shape index (κ1) is 18.9. The van der Waals surface area contributed by atoms with Crippen molar-refractivity contribution in [1.29, 1.82) is 0 Å². The molecule has 0 saturated carbocycles. The van der Waals surface area contributed by atoms with Crippen molar-refractivity contribution in [2.24, 2.45) is 0 Å². The van der Waals surface area contributed by atoms with Gasteiger partial charge >= 0.3 is 0 Å². The molecule has 1 aromatic heterocycles. The molecule has 4 rings (SSSR count). The van der Waals surface area contributed by atoms with Gasteiger partial charge in [-0.25, -0.2) is 4.68 Å². The van der Waals surface area contributed by atoms with Crippen LogP contribution in [0.5, 0.6) is 0 Å². The Morgan fingerprint density at radius 2 is 2.14 bits per heavy atom. The maximum absolute atomic E-state index is 12.3. The number of tetrazole rings is 1. The molecule has 2 fully saturated rings. The summed E-state index contributed by atoms with van der Waals surface area (Å²) in [6.45, 7) is 2.14. The molecule has 28 heavy (non-hydrogen) atoms. The Morgan fingerprint density at radius 1 is 1.29 bits per heavy atom. The van der Waals surface area contributed by atoms with Crippen LogP contribution < -0.4 is 10.2 Å². The van der Waals surface area contributed by atoms with Gasteiger partial charge in [-0.05, 0) is 54.0 Å². The Morgan fingerprint density at radius 3 is 2.86 bits per heavy atom. The molecule has 2 aliphatic rings. The molecule has 0 radical (unpaired) electrons. The van der Waals surface area contributed by atoms with E-state index < -0.39 is 0 Å². The molecule has 1 N–H and O–H groups in total. The predicted octanol–water partition coefficient (Wildman–Crippen LogP) is 1.71. The lowest BCUT2D eigenvalue weighted by Gasteiger charge is -2.16. The number of hydrogen-bond donors (Lipinski definition) is 1. The largest absolute Gasteiger partial charge is 0.376 e. The van der Waals surface area contributed by atoms with E-state index in [1.165, 1.54) is 11.8 Å². The van der Waals surface area contributed by atoms with E-state index in [9.17, 15) is 9.59 Å². The van der Waals surface area contributed by atoms with Crippen LogP contribution in [-0.2, 0) is 20.9 Å². The Hall–Kier alpha value is -2.46. The van der Waals surface area contributed by atoms with Crippen LogP contribution in [0.15, 0.2) is 29.4 Å². The number of thioether (sulfide) groups is 1. The van der Waals surface area contributed by atoms with Gasteiger partial charge in [-0.2, -0.15) is 0 Å². The Kier molecular flexibility index (Phi) is 5.87. The number of nitrogens with zero attached hydrogens (tertiary/aromatic N) is 5. The lowest BCUT2D eigenvalue weighted by atomic mass is 10.2. The van der Waals surface area contributed by atoms with Crippen molar-refractivity contribution in [2.45, 2.75) is 43.5 Å². The highest BCUT2D eigenvalue weighted by atomic mass is 32.2. The number of ether oxygens (including phenoxy) is 1. The van der Waals surface area contributed by atoms with Crippen molar-refractivity contribution in [1.82, 2.24) is 20.2 Å². The van der Waals surface area contributed by atoms with Crippen LogP contribution in [0.25, 0.3) is 0 Å². The summed E-state index contributed by atoms with van der Waals surface area (Å²) in [6.07, 6.45) is 3.69. The fourth-order valence-corrected chi connectivity index (χ4v) is 4.06. The number of amides is 2. The van der Waals surface area contributed by atoms with Crippen molar-refractivity contribution < 1.29 is 14.3 Å². The first-order chi connectivity index (χ1) is 13.7. The zero-order valence-electron chi connectivity index (χ0n) is 15.4. The maximum Gasteiger partial charge on any atom is 0.234 e. The number of carbonyl (C=O) groups is 2. The molecule has 148 valence electrons. The van der Waals surface area contributed by atoms with Crippen LogP contribution >= 0.6 is 11.8 Å². The fourth-order valence-electron chi connectivity index (χ4n) is 3.37. The highest BCUT2D eigenvalue weighted by molar-refractivity contribution is 7.99. The van der Waals surface area contributed by atoms with E-state index >= 15 is 0 Å². The number of rotatable bonds is 7. The van der Waals surface area contributed by atoms with Crippen molar-refractivity contribution in [3.63, 3.8) is 0 Å². The molecular formula is C18H22N6O3S. The molecule has 1 aromatic carbocycles. The van der Waals surface area contributed by atoms with Crippen molar-refractivity contribution in [3.05, 3.63) is 24.3 Å². The summed E-state index contributed by atoms with van der Waals surface area (Å²) in [5, 5.41) is 15.1. The third-order valence-corrected chi connectivity index (χ3v) is 5.73. The van der Waals surface area contributed by atoms with E-state index in [1.54, 1.807) is 9.58 Å². The lowest BCUT2D eigenvalue weighted by molar-refractivity contribution is -0.117. The van der Waals surface area contributed by atoms with Gasteiger partial charge in [0.2, 0.25) is 17.0 Å². The molecule has 0 aliphatic carbocycles. The van der Waals surface area contributed by atoms with Gasteiger partial charge in [-0.3, -0.25) is 9.59 Å². The molecule has 2 amide bonds. The van der Waals surface area contributed by atoms with Gasteiger partial charge in [0.25, 0.3) is 0 Å². The smallest absolute Gasteiger partial charge is 0.234 e. The molecule has 0 spiro atoms. The van der Waals surface area contributed by atoms with E-state index in [0.717, 1.165) is 38.1 Å². The van der Waals surface area contributed by atoms with Gasteiger partial charge in [-0.1, -0.05) is 11.8 Å². The molecule has 10 heteroatoms. The number of anilines is 2. The molecule has 2 aliphatic heterocycles. The average Bonchev–Trinajstić information content (AvgIpc) is 3.44. The van der Waals surface area contributed by atoms with Crippen LogP contribution in [0.2, 0.25) is 0 Å². The quantitative estimate of drug-likeness (QED) is 0.703. The standard InChI is InChI=1S/C18H22N6O3S/c25-16(12-28-18-20-21-22-24(18)11-15-3-2-10-27-15)19-13-5-7-14(8-6-13)23-9-1-4-17(23)26/h5-8,15H,1-4,9-12H2,(H,19,25). The zero-order valence-corrected chi connectivity index (χ0v) is 16.2. The molecule has 2 aromatic rings. The van der Waals surface area contributed by atoms with Crippen molar-refractivity contribution in [2.75, 3.05) is 29.1 Å². The van der Waals surface area contributed by atoms with E-state index in [0.29, 0.717) is 23.8 Å². The third-order valence-electron chi connectivity index (χ3n) is 4.77. The summed E-state index contributed by atoms with van der Waals surface area (Å²) in [5.74, 6) is 0.216. The fraction of sp³-hybridized carbons (Fsp3) is 0.500. The molecule has 1 atom stereocenters. The summed E-state index contributed by atoms with van der Waals surface area (Å²) in [7, 11) is 0. The number of hydrogen-bond acceptors (Lipinski definition) is 7. The molecule has 2 saturated heterocycles. The van der Waals surface area contributed by atoms with Gasteiger partial charge in [-0.15, -0.1) is 5.10 Å². The van der Waals surface area contributed by atoms with Gasteiger partial charge < -0.3 is 15.0 Å². The monoisotopic (exact) mass is 402 g/mol. The highest BCUT2D eigenvalue weighted by Gasteiger charge is 2.22. The number of nitrogens with one attached hydrogen (secondary N) is 1. The van der Waals surface area contributed by atoms with Gasteiger partial charge in [0, 0.05) is 30.9 Å². The first-order valence-corrected chi connectivity index (χ1v) is 10.4. The van der Waals surface area contributed by atoms with Crippen LogP contribution in [0, 0.1) is 0 Å². The first-order valence-electron chi connectivity index (χ1n) is 9.40. The van der Waals surface area contributed by atoms with Gasteiger partial charge in [0.15, 0.2) is 0 Å². The van der Waals surface area contributed by atoms with Gasteiger partial charge in [0.1, 0.15) is 0 Å².